The van der Waals surface area contributed by atoms with Gasteiger partial charge in [-0.1, -0.05) is 30.0 Å². The Labute approximate surface area is 210 Å². The lowest BCUT2D eigenvalue weighted by Crippen LogP contribution is -2.18. The van der Waals surface area contributed by atoms with Crippen molar-refractivity contribution >= 4 is 50.9 Å². The first-order chi connectivity index (χ1) is 17.2. The lowest BCUT2D eigenvalue weighted by molar-refractivity contribution is -0.138. The minimum absolute atomic E-state index is 0.0147. The van der Waals surface area contributed by atoms with Crippen molar-refractivity contribution in [1.82, 2.24) is 0 Å². The molecule has 1 aliphatic rings. The molecule has 7 nitrogen and oxygen atoms in total. The number of thioether (sulfide) groups is 1. The number of anilines is 2. The molecule has 0 bridgehead atoms. The van der Waals surface area contributed by atoms with Gasteiger partial charge in [-0.05, 0) is 54.1 Å². The van der Waals surface area contributed by atoms with Crippen LogP contribution in [0.3, 0.4) is 0 Å². The highest BCUT2D eigenvalue weighted by Gasteiger charge is 2.25. The van der Waals surface area contributed by atoms with E-state index in [2.05, 4.69) is 15.4 Å². The molecule has 4 rings (SSSR count). The number of amides is 1. The highest BCUT2D eigenvalue weighted by atomic mass is 32.2. The molecule has 0 unspecified atom stereocenters. The Hall–Kier alpha value is -3.70. The third-order valence-corrected chi connectivity index (χ3v) is 7.99. The lowest BCUT2D eigenvalue weighted by atomic mass is 10.2. The Balaban J connectivity index is 1.55. The highest BCUT2D eigenvalue weighted by molar-refractivity contribution is 8.04. The van der Waals surface area contributed by atoms with Gasteiger partial charge in [0.2, 0.25) is 0 Å². The number of hydrogen-bond donors (Lipinski definition) is 2. The molecule has 0 aliphatic carbocycles. The number of fused-ring (bicyclic) bond motifs is 1. The summed E-state index contributed by atoms with van der Waals surface area (Å²) in [5, 5.41) is 5.63. The van der Waals surface area contributed by atoms with Crippen LogP contribution in [0.5, 0.6) is 0 Å². The van der Waals surface area contributed by atoms with Gasteiger partial charge < -0.3 is 15.4 Å². The van der Waals surface area contributed by atoms with Gasteiger partial charge in [0, 0.05) is 16.1 Å². The molecule has 1 heterocycles. The fourth-order valence-corrected chi connectivity index (χ4v) is 5.83. The molecule has 36 heavy (non-hydrogen) atoms. The van der Waals surface area contributed by atoms with Crippen LogP contribution in [0, 0.1) is 11.6 Å². The molecule has 0 aromatic heterocycles. The summed E-state index contributed by atoms with van der Waals surface area (Å²) in [6.07, 6.45) is 1.64. The van der Waals surface area contributed by atoms with Crippen molar-refractivity contribution in [3.05, 3.63) is 88.3 Å². The van der Waals surface area contributed by atoms with Gasteiger partial charge in [-0.2, -0.15) is 0 Å². The summed E-state index contributed by atoms with van der Waals surface area (Å²) in [7, 11) is -2.77. The van der Waals surface area contributed by atoms with Crippen LogP contribution in [0.15, 0.2) is 75.4 Å². The van der Waals surface area contributed by atoms with Crippen molar-refractivity contribution in [2.45, 2.75) is 15.5 Å². The smallest absolute Gasteiger partial charge is 0.325 e. The van der Waals surface area contributed by atoms with Gasteiger partial charge in [-0.25, -0.2) is 17.2 Å². The second kappa shape index (κ2) is 10.5. The molecular formula is C25H20F2N2O5S2. The third kappa shape index (κ3) is 5.74. The Morgan fingerprint density at radius 2 is 1.78 bits per heavy atom. The van der Waals surface area contributed by atoms with Crippen LogP contribution < -0.4 is 10.6 Å². The first kappa shape index (κ1) is 25.4. The van der Waals surface area contributed by atoms with E-state index in [1.54, 1.807) is 30.3 Å². The van der Waals surface area contributed by atoms with Gasteiger partial charge in [-0.15, -0.1) is 0 Å². The fourth-order valence-electron chi connectivity index (χ4n) is 3.37. The molecule has 1 amide bonds. The number of nitrogens with one attached hydrogen (secondary N) is 2. The zero-order valence-electron chi connectivity index (χ0n) is 18.9. The van der Waals surface area contributed by atoms with E-state index in [0.29, 0.717) is 26.7 Å². The van der Waals surface area contributed by atoms with Crippen molar-refractivity contribution in [1.29, 1.82) is 0 Å². The van der Waals surface area contributed by atoms with E-state index in [1.165, 1.54) is 31.4 Å². The largest absolute Gasteiger partial charge is 0.468 e. The molecule has 1 aliphatic heterocycles. The Morgan fingerprint density at radius 3 is 2.44 bits per heavy atom. The molecule has 0 saturated carbocycles. The van der Waals surface area contributed by atoms with Crippen LogP contribution in [0.2, 0.25) is 0 Å². The molecule has 2 N–H and O–H groups in total. The van der Waals surface area contributed by atoms with E-state index >= 15 is 0 Å². The maximum absolute atomic E-state index is 14.0. The molecule has 0 saturated heterocycles. The van der Waals surface area contributed by atoms with Crippen molar-refractivity contribution in [2.75, 3.05) is 24.3 Å². The lowest BCUT2D eigenvalue weighted by Gasteiger charge is -2.19. The number of carbonyl (C=O) groups is 2. The van der Waals surface area contributed by atoms with Crippen molar-refractivity contribution in [3.8, 4) is 0 Å². The van der Waals surface area contributed by atoms with Crippen molar-refractivity contribution < 1.29 is 31.5 Å². The summed E-state index contributed by atoms with van der Waals surface area (Å²) in [6.45, 7) is 0.0147. The normalized spacial score (nSPS) is 14.2. The second-order valence-electron chi connectivity index (χ2n) is 7.73. The number of ether oxygens (including phenoxy) is 1. The summed E-state index contributed by atoms with van der Waals surface area (Å²) >= 11 is 1.08. The van der Waals surface area contributed by atoms with Crippen molar-refractivity contribution in [2.24, 2.45) is 0 Å². The Morgan fingerprint density at radius 1 is 1.08 bits per heavy atom. The van der Waals surface area contributed by atoms with Gasteiger partial charge in [-0.3, -0.25) is 9.59 Å². The van der Waals surface area contributed by atoms with E-state index in [0.717, 1.165) is 23.9 Å². The number of esters is 1. The molecular weight excluding hydrogens is 510 g/mol. The predicted molar refractivity (Wildman–Crippen MR) is 133 cm³/mol. The number of sulfone groups is 1. The number of benzene rings is 3. The highest BCUT2D eigenvalue weighted by Crippen LogP contribution is 2.40. The summed E-state index contributed by atoms with van der Waals surface area (Å²) < 4.78 is 58.4. The molecule has 0 spiro atoms. The van der Waals surface area contributed by atoms with Gasteiger partial charge in [0.25, 0.3) is 5.91 Å². The zero-order chi connectivity index (χ0) is 25.9. The summed E-state index contributed by atoms with van der Waals surface area (Å²) in [5.41, 5.74) is 1.30. The van der Waals surface area contributed by atoms with E-state index in [1.807, 2.05) is 0 Å². The average molecular weight is 531 g/mol. The molecule has 186 valence electrons. The van der Waals surface area contributed by atoms with Gasteiger partial charge >= 0.3 is 5.97 Å². The standard InChI is InChI=1S/C25H20F2N2O5S2/c1-34-24(30)13-28-16-7-5-15(6-8-16)11-23-25(31)29-21-10-9-17(12-22(21)35-23)36(32,33)14-18-19(26)3-2-4-20(18)27/h2-12,28H,13-14H2,1H3,(H,29,31). The quantitative estimate of drug-likeness (QED) is 0.340. The summed E-state index contributed by atoms with van der Waals surface area (Å²) in [4.78, 5) is 24.5. The Kier molecular flexibility index (Phi) is 7.41. The number of hydrogen-bond acceptors (Lipinski definition) is 7. The minimum atomic E-state index is -4.07. The minimum Gasteiger partial charge on any atom is -0.468 e. The van der Waals surface area contributed by atoms with E-state index in [4.69, 9.17) is 0 Å². The Bertz CT molecular complexity index is 1450. The van der Waals surface area contributed by atoms with Gasteiger partial charge in [0.1, 0.15) is 18.2 Å². The van der Waals surface area contributed by atoms with Gasteiger partial charge in [0.15, 0.2) is 9.84 Å². The zero-order valence-corrected chi connectivity index (χ0v) is 20.5. The van der Waals surface area contributed by atoms with Crippen molar-refractivity contribution in [3.63, 3.8) is 0 Å². The molecule has 0 fully saturated rings. The van der Waals surface area contributed by atoms with Crippen LogP contribution >= 0.6 is 11.8 Å². The van der Waals surface area contributed by atoms with E-state index < -0.39 is 38.8 Å². The molecule has 3 aromatic rings. The number of carbonyl (C=O) groups excluding carboxylic acids is 2. The van der Waals surface area contributed by atoms with Crippen LogP contribution in [-0.4, -0.2) is 33.9 Å². The predicted octanol–water partition coefficient (Wildman–Crippen LogP) is 4.61. The van der Waals surface area contributed by atoms with E-state index in [9.17, 15) is 26.8 Å². The van der Waals surface area contributed by atoms with Crippen LogP contribution in [0.25, 0.3) is 6.08 Å². The molecule has 11 heteroatoms. The third-order valence-electron chi connectivity index (χ3n) is 5.27. The van der Waals surface area contributed by atoms with Gasteiger partial charge in [0.05, 0.1) is 28.4 Å². The maximum Gasteiger partial charge on any atom is 0.325 e. The molecule has 0 atom stereocenters. The van der Waals surface area contributed by atoms with Crippen LogP contribution in [0.1, 0.15) is 11.1 Å². The average Bonchev–Trinajstić information content (AvgIpc) is 2.86. The number of rotatable bonds is 7. The molecule has 3 aromatic carbocycles. The number of halogens is 2. The molecule has 0 radical (unpaired) electrons. The maximum atomic E-state index is 14.0. The van der Waals surface area contributed by atoms with Crippen LogP contribution in [-0.2, 0) is 29.9 Å². The fraction of sp³-hybridized carbons (Fsp3) is 0.120. The van der Waals surface area contributed by atoms with Crippen LogP contribution in [0.4, 0.5) is 20.2 Å². The topological polar surface area (TPSA) is 102 Å². The summed E-state index contributed by atoms with van der Waals surface area (Å²) in [6, 6.07) is 14.3. The van der Waals surface area contributed by atoms with E-state index in [-0.39, 0.29) is 17.3 Å². The monoisotopic (exact) mass is 530 g/mol. The first-order valence-electron chi connectivity index (χ1n) is 10.6. The number of methoxy groups -OCH3 is 1. The second-order valence-corrected chi connectivity index (χ2v) is 10.8. The first-order valence-corrected chi connectivity index (χ1v) is 13.0. The summed E-state index contributed by atoms with van der Waals surface area (Å²) in [5.74, 6) is -3.47. The SMILES string of the molecule is COC(=O)CNc1ccc(C=C2Sc3cc(S(=O)(=O)Cc4c(F)cccc4F)ccc3NC2=O)cc1.